The predicted octanol–water partition coefficient (Wildman–Crippen LogP) is 3.54. The van der Waals surface area contributed by atoms with E-state index in [1.165, 1.54) is 6.39 Å². The van der Waals surface area contributed by atoms with Crippen LogP contribution in [-0.4, -0.2) is 10.7 Å². The molecule has 0 spiro atoms. The van der Waals surface area contributed by atoms with Gasteiger partial charge < -0.3 is 4.42 Å². The Bertz CT molecular complexity index is 293. The first-order chi connectivity index (χ1) is 6.74. The molecule has 1 aromatic rings. The molecule has 1 aromatic heterocycles. The lowest BCUT2D eigenvalue weighted by Gasteiger charge is -1.95. The van der Waals surface area contributed by atoms with Crippen LogP contribution >= 0.6 is 0 Å². The summed E-state index contributed by atoms with van der Waals surface area (Å²) in [6.07, 6.45) is 4.95. The highest BCUT2D eigenvalue weighted by Gasteiger charge is 2.01. The monoisotopic (exact) mass is 194 g/mol. The van der Waals surface area contributed by atoms with Crippen LogP contribution in [-0.2, 0) is 0 Å². The Morgan fingerprint density at radius 3 is 2.43 bits per heavy atom. The fraction of sp³-hybridized carbons (Fsp3) is 0.455. The maximum atomic E-state index is 5.10. The van der Waals surface area contributed by atoms with Crippen LogP contribution in [0.25, 0.3) is 5.70 Å². The molecule has 0 aliphatic heterocycles. The van der Waals surface area contributed by atoms with Gasteiger partial charge in [0.05, 0.1) is 6.20 Å². The van der Waals surface area contributed by atoms with Crippen LogP contribution in [0.5, 0.6) is 0 Å². The second kappa shape index (κ2) is 7.06. The third kappa shape index (κ3) is 4.03. The van der Waals surface area contributed by atoms with Crippen LogP contribution in [0.1, 0.15) is 40.4 Å². The van der Waals surface area contributed by atoms with Gasteiger partial charge in [0.15, 0.2) is 12.2 Å². The summed E-state index contributed by atoms with van der Waals surface area (Å²) in [5, 5.41) is 0. The normalized spacial score (nSPS) is 10.2. The standard InChI is InChI=1S/C9H12N2O.C2H6/c1-4-8(11-7(2)3)9-5-10-6-12-9;1-2/h4-6H,1-3H3;1-2H3/b8-4-;. The topological polar surface area (TPSA) is 38.4 Å². The van der Waals surface area contributed by atoms with Crippen molar-refractivity contribution in [3.8, 4) is 0 Å². The third-order valence-corrected chi connectivity index (χ3v) is 1.30. The van der Waals surface area contributed by atoms with Crippen molar-refractivity contribution in [1.82, 2.24) is 4.98 Å². The molecule has 0 aliphatic carbocycles. The molecule has 14 heavy (non-hydrogen) atoms. The van der Waals surface area contributed by atoms with Gasteiger partial charge in [-0.15, -0.1) is 0 Å². The molecular weight excluding hydrogens is 176 g/mol. The van der Waals surface area contributed by atoms with Crippen molar-refractivity contribution < 1.29 is 4.42 Å². The summed E-state index contributed by atoms with van der Waals surface area (Å²) in [6, 6.07) is 0. The lowest BCUT2D eigenvalue weighted by molar-refractivity contribution is 0.543. The van der Waals surface area contributed by atoms with Crippen LogP contribution in [0.15, 0.2) is 28.1 Å². The number of hydrogen-bond donors (Lipinski definition) is 0. The summed E-state index contributed by atoms with van der Waals surface area (Å²) in [6.45, 7) is 9.81. The molecule has 0 amide bonds. The van der Waals surface area contributed by atoms with Crippen molar-refractivity contribution in [2.75, 3.05) is 0 Å². The van der Waals surface area contributed by atoms with Gasteiger partial charge in [0, 0.05) is 5.71 Å². The Hall–Kier alpha value is -1.38. The number of oxazole rings is 1. The Kier molecular flexibility index (Phi) is 6.37. The highest BCUT2D eigenvalue weighted by molar-refractivity contribution is 5.85. The quantitative estimate of drug-likeness (QED) is 0.675. The SMILES string of the molecule is C/C=C(\N=C(C)C)c1cnco1.CC. The van der Waals surface area contributed by atoms with Crippen LogP contribution in [0.2, 0.25) is 0 Å². The van der Waals surface area contributed by atoms with Crippen molar-refractivity contribution >= 4 is 11.4 Å². The van der Waals surface area contributed by atoms with E-state index in [0.717, 1.165) is 11.4 Å². The van der Waals surface area contributed by atoms with Gasteiger partial charge in [-0.05, 0) is 20.8 Å². The van der Waals surface area contributed by atoms with E-state index in [4.69, 9.17) is 4.42 Å². The summed E-state index contributed by atoms with van der Waals surface area (Å²) in [5.41, 5.74) is 1.83. The molecule has 0 atom stereocenters. The molecule has 0 aliphatic rings. The molecule has 1 rings (SSSR count). The molecule has 3 nitrogen and oxygen atoms in total. The van der Waals surface area contributed by atoms with Gasteiger partial charge in [0.2, 0.25) is 0 Å². The minimum atomic E-state index is 0.707. The molecular formula is C11H18N2O. The van der Waals surface area contributed by atoms with Gasteiger partial charge in [-0.2, -0.15) is 0 Å². The van der Waals surface area contributed by atoms with E-state index in [2.05, 4.69) is 9.98 Å². The largest absolute Gasteiger partial charge is 0.442 e. The van der Waals surface area contributed by atoms with Gasteiger partial charge in [-0.3, -0.25) is 4.99 Å². The van der Waals surface area contributed by atoms with Crippen LogP contribution < -0.4 is 0 Å². The molecule has 0 N–H and O–H groups in total. The Morgan fingerprint density at radius 2 is 2.07 bits per heavy atom. The van der Waals surface area contributed by atoms with Gasteiger partial charge in [0.25, 0.3) is 0 Å². The summed E-state index contributed by atoms with van der Waals surface area (Å²) in [5.74, 6) is 0.707. The number of rotatable bonds is 2. The van der Waals surface area contributed by atoms with E-state index < -0.39 is 0 Å². The van der Waals surface area contributed by atoms with Crippen molar-refractivity contribution in [2.45, 2.75) is 34.6 Å². The number of allylic oxidation sites excluding steroid dienone is 1. The zero-order chi connectivity index (χ0) is 11.0. The second-order valence-corrected chi connectivity index (χ2v) is 2.60. The number of aliphatic imine (C=N–C) groups is 1. The minimum Gasteiger partial charge on any atom is -0.442 e. The minimum absolute atomic E-state index is 0.707. The second-order valence-electron chi connectivity index (χ2n) is 2.60. The van der Waals surface area contributed by atoms with E-state index in [1.807, 2.05) is 40.7 Å². The Balaban J connectivity index is 0.000000791. The van der Waals surface area contributed by atoms with E-state index in [9.17, 15) is 0 Å². The molecule has 0 saturated heterocycles. The molecule has 3 heteroatoms. The lowest BCUT2D eigenvalue weighted by atomic mass is 10.3. The van der Waals surface area contributed by atoms with Crippen molar-refractivity contribution in [1.29, 1.82) is 0 Å². The smallest absolute Gasteiger partial charge is 0.181 e. The summed E-state index contributed by atoms with van der Waals surface area (Å²) >= 11 is 0. The van der Waals surface area contributed by atoms with Crippen molar-refractivity contribution in [3.05, 3.63) is 24.4 Å². The fourth-order valence-corrected chi connectivity index (χ4v) is 0.845. The summed E-state index contributed by atoms with van der Waals surface area (Å²) in [4.78, 5) is 8.10. The molecule has 0 bridgehead atoms. The molecule has 0 unspecified atom stereocenters. The van der Waals surface area contributed by atoms with E-state index in [1.54, 1.807) is 6.20 Å². The van der Waals surface area contributed by atoms with Crippen LogP contribution in [0.4, 0.5) is 0 Å². The van der Waals surface area contributed by atoms with E-state index >= 15 is 0 Å². The first-order valence-corrected chi connectivity index (χ1v) is 4.81. The molecule has 0 fully saturated rings. The zero-order valence-corrected chi connectivity index (χ0v) is 9.53. The number of hydrogen-bond acceptors (Lipinski definition) is 3. The van der Waals surface area contributed by atoms with Crippen LogP contribution in [0, 0.1) is 0 Å². The maximum Gasteiger partial charge on any atom is 0.181 e. The van der Waals surface area contributed by atoms with E-state index in [-0.39, 0.29) is 0 Å². The predicted molar refractivity (Wildman–Crippen MR) is 60.3 cm³/mol. The zero-order valence-electron chi connectivity index (χ0n) is 9.53. The molecule has 78 valence electrons. The molecule has 0 radical (unpaired) electrons. The highest BCUT2D eigenvalue weighted by atomic mass is 16.3. The van der Waals surface area contributed by atoms with Crippen molar-refractivity contribution in [3.63, 3.8) is 0 Å². The average Bonchev–Trinajstić information content (AvgIpc) is 2.70. The fourth-order valence-electron chi connectivity index (χ4n) is 0.845. The summed E-state index contributed by atoms with van der Waals surface area (Å²) < 4.78 is 5.10. The first kappa shape index (κ1) is 12.6. The van der Waals surface area contributed by atoms with Crippen LogP contribution in [0.3, 0.4) is 0 Å². The van der Waals surface area contributed by atoms with Gasteiger partial charge in [-0.1, -0.05) is 19.9 Å². The Labute approximate surface area is 85.6 Å². The first-order valence-electron chi connectivity index (χ1n) is 4.81. The summed E-state index contributed by atoms with van der Waals surface area (Å²) in [7, 11) is 0. The number of aromatic nitrogens is 1. The third-order valence-electron chi connectivity index (χ3n) is 1.30. The average molecular weight is 194 g/mol. The Morgan fingerprint density at radius 1 is 1.43 bits per heavy atom. The van der Waals surface area contributed by atoms with Gasteiger partial charge in [-0.25, -0.2) is 4.98 Å². The molecule has 1 heterocycles. The number of nitrogens with zero attached hydrogens (tertiary/aromatic N) is 2. The van der Waals surface area contributed by atoms with Gasteiger partial charge in [0.1, 0.15) is 5.70 Å². The van der Waals surface area contributed by atoms with Gasteiger partial charge >= 0.3 is 0 Å². The van der Waals surface area contributed by atoms with Crippen molar-refractivity contribution in [2.24, 2.45) is 4.99 Å². The van der Waals surface area contributed by atoms with E-state index in [0.29, 0.717) is 5.76 Å². The highest BCUT2D eigenvalue weighted by Crippen LogP contribution is 2.14. The lowest BCUT2D eigenvalue weighted by Crippen LogP contribution is -1.83. The molecule has 0 aromatic carbocycles. The maximum absolute atomic E-state index is 5.10. The molecule has 0 saturated carbocycles.